The zero-order valence-electron chi connectivity index (χ0n) is 27.0. The molecule has 2 atom stereocenters. The van der Waals surface area contributed by atoms with E-state index in [1.807, 2.05) is 0 Å². The number of hydrogen-bond acceptors (Lipinski definition) is 2. The van der Waals surface area contributed by atoms with Gasteiger partial charge in [0.25, 0.3) is 0 Å². The Balaban J connectivity index is 1.29. The van der Waals surface area contributed by atoms with Crippen molar-refractivity contribution in [2.24, 2.45) is 0 Å². The van der Waals surface area contributed by atoms with Gasteiger partial charge in [0, 0.05) is 0 Å². The van der Waals surface area contributed by atoms with Gasteiger partial charge in [0.15, 0.2) is 0 Å². The van der Waals surface area contributed by atoms with Gasteiger partial charge in [-0.05, 0) is 97.8 Å². The molecule has 0 bridgehead atoms. The van der Waals surface area contributed by atoms with Crippen molar-refractivity contribution in [2.45, 2.75) is 25.0 Å². The Kier molecular flexibility index (Phi) is 11.2. The average molecular weight is 665 g/mol. The van der Waals surface area contributed by atoms with E-state index in [9.17, 15) is 10.2 Å². The minimum atomic E-state index is -2.17. The van der Waals surface area contributed by atoms with E-state index in [0.717, 1.165) is 0 Å². The van der Waals surface area contributed by atoms with Gasteiger partial charge in [0.1, 0.15) is 46.4 Å². The summed E-state index contributed by atoms with van der Waals surface area (Å²) in [5, 5.41) is 30.1. The quantitative estimate of drug-likeness (QED) is 0.126. The maximum atomic E-state index is 11.3. The van der Waals surface area contributed by atoms with Crippen LogP contribution in [0.1, 0.15) is 12.8 Å². The SMILES string of the molecule is O[C@@H](CC=C[P+](c1ccccc1)(c1ccccc1)c1ccccc1)[C@@H](O)CC=C[P+](c1ccccc1)(c1ccccc1)c1ccccc1. The molecule has 6 aromatic rings. The van der Waals surface area contributed by atoms with Gasteiger partial charge < -0.3 is 10.2 Å². The predicted molar refractivity (Wildman–Crippen MR) is 210 cm³/mol. The first-order chi connectivity index (χ1) is 23.6. The van der Waals surface area contributed by atoms with Crippen molar-refractivity contribution < 1.29 is 10.2 Å². The lowest BCUT2D eigenvalue weighted by molar-refractivity contribution is 0.0239. The van der Waals surface area contributed by atoms with Gasteiger partial charge in [-0.3, -0.25) is 0 Å². The van der Waals surface area contributed by atoms with Crippen LogP contribution in [0.5, 0.6) is 0 Å². The molecule has 0 spiro atoms. The largest absolute Gasteiger partial charge is 0.390 e. The third kappa shape index (κ3) is 7.19. The topological polar surface area (TPSA) is 40.5 Å². The Bertz CT molecular complexity index is 1540. The first kappa shape index (κ1) is 33.5. The molecule has 2 nitrogen and oxygen atoms in total. The lowest BCUT2D eigenvalue weighted by Crippen LogP contribution is -2.30. The lowest BCUT2D eigenvalue weighted by Gasteiger charge is -2.25. The smallest absolute Gasteiger partial charge is 0.136 e. The number of aliphatic hydroxyl groups excluding tert-OH is 2. The van der Waals surface area contributed by atoms with Gasteiger partial charge in [0.05, 0.1) is 23.8 Å². The first-order valence-electron chi connectivity index (χ1n) is 16.5. The molecule has 0 heterocycles. The molecule has 0 saturated heterocycles. The fraction of sp³-hybridized carbons (Fsp3) is 0.0909. The number of hydrogen-bond donors (Lipinski definition) is 2. The Morgan fingerprint density at radius 1 is 0.333 bits per heavy atom. The highest BCUT2D eigenvalue weighted by molar-refractivity contribution is 7.98. The number of benzene rings is 6. The molecule has 0 fully saturated rings. The predicted octanol–water partition coefficient (Wildman–Crippen LogP) is 7.50. The van der Waals surface area contributed by atoms with Crippen LogP contribution in [0.3, 0.4) is 0 Å². The van der Waals surface area contributed by atoms with Crippen molar-refractivity contribution in [3.8, 4) is 0 Å². The van der Waals surface area contributed by atoms with Crippen LogP contribution < -0.4 is 31.8 Å². The summed E-state index contributed by atoms with van der Waals surface area (Å²) in [6, 6.07) is 63.9. The summed E-state index contributed by atoms with van der Waals surface area (Å²) in [7, 11) is -4.34. The minimum Gasteiger partial charge on any atom is -0.390 e. The van der Waals surface area contributed by atoms with Crippen LogP contribution >= 0.6 is 14.5 Å². The van der Waals surface area contributed by atoms with E-state index in [1.165, 1.54) is 31.8 Å². The van der Waals surface area contributed by atoms with Crippen molar-refractivity contribution in [2.75, 3.05) is 0 Å². The van der Waals surface area contributed by atoms with Crippen molar-refractivity contribution in [1.29, 1.82) is 0 Å². The van der Waals surface area contributed by atoms with Gasteiger partial charge in [0.2, 0.25) is 0 Å². The zero-order valence-corrected chi connectivity index (χ0v) is 28.8. The second-order valence-electron chi connectivity index (χ2n) is 11.8. The van der Waals surface area contributed by atoms with Crippen LogP contribution in [0.4, 0.5) is 0 Å². The van der Waals surface area contributed by atoms with E-state index in [0.29, 0.717) is 12.8 Å². The maximum Gasteiger partial charge on any atom is 0.136 e. The van der Waals surface area contributed by atoms with Crippen LogP contribution in [0, 0.1) is 0 Å². The van der Waals surface area contributed by atoms with Crippen LogP contribution in [-0.4, -0.2) is 22.4 Å². The molecule has 4 heteroatoms. The van der Waals surface area contributed by atoms with Gasteiger partial charge in [-0.25, -0.2) is 0 Å². The average Bonchev–Trinajstić information content (AvgIpc) is 3.17. The third-order valence-electron chi connectivity index (χ3n) is 8.84. The Labute approximate surface area is 286 Å². The van der Waals surface area contributed by atoms with E-state index in [2.05, 4.69) is 206 Å². The van der Waals surface area contributed by atoms with E-state index in [1.54, 1.807) is 0 Å². The summed E-state index contributed by atoms with van der Waals surface area (Å²) in [5.41, 5.74) is 0. The van der Waals surface area contributed by atoms with Crippen LogP contribution in [0.15, 0.2) is 206 Å². The second kappa shape index (κ2) is 16.1. The Morgan fingerprint density at radius 3 is 0.708 bits per heavy atom. The Hall–Kier alpha value is -4.42. The first-order valence-corrected chi connectivity index (χ1v) is 20.2. The van der Waals surface area contributed by atoms with Gasteiger partial charge in [-0.2, -0.15) is 0 Å². The molecule has 0 amide bonds. The molecule has 0 saturated carbocycles. The molecule has 0 aliphatic rings. The van der Waals surface area contributed by atoms with E-state index < -0.39 is 26.7 Å². The molecular weight excluding hydrogens is 622 g/mol. The van der Waals surface area contributed by atoms with Crippen LogP contribution in [0.25, 0.3) is 0 Å². The second-order valence-corrected chi connectivity index (χ2v) is 18.4. The number of aliphatic hydroxyl groups is 2. The highest BCUT2D eigenvalue weighted by Crippen LogP contribution is 2.58. The normalized spacial score (nSPS) is 13.5. The van der Waals surface area contributed by atoms with Crippen LogP contribution in [-0.2, 0) is 0 Å². The summed E-state index contributed by atoms with van der Waals surface area (Å²) in [6.07, 6.45) is 3.03. The minimum absolute atomic E-state index is 0.347. The third-order valence-corrected chi connectivity index (χ3v) is 16.8. The molecule has 0 radical (unpaired) electrons. The molecular formula is C44H42O2P2+2. The van der Waals surface area contributed by atoms with E-state index >= 15 is 0 Å². The fourth-order valence-electron chi connectivity index (χ4n) is 6.42. The zero-order chi connectivity index (χ0) is 33.1. The summed E-state index contributed by atoms with van der Waals surface area (Å²) in [4.78, 5) is 0. The van der Waals surface area contributed by atoms with Crippen molar-refractivity contribution in [3.05, 3.63) is 206 Å². The fourth-order valence-corrected chi connectivity index (χ4v) is 14.0. The summed E-state index contributed by atoms with van der Waals surface area (Å²) < 4.78 is 0. The van der Waals surface area contributed by atoms with Crippen molar-refractivity contribution in [1.82, 2.24) is 0 Å². The molecule has 238 valence electrons. The van der Waals surface area contributed by atoms with E-state index in [-0.39, 0.29) is 0 Å². The number of rotatable bonds is 13. The maximum absolute atomic E-state index is 11.3. The summed E-state index contributed by atoms with van der Waals surface area (Å²) in [6.45, 7) is 0. The van der Waals surface area contributed by atoms with Crippen molar-refractivity contribution in [3.63, 3.8) is 0 Å². The monoisotopic (exact) mass is 664 g/mol. The summed E-state index contributed by atoms with van der Waals surface area (Å²) in [5.74, 6) is 4.60. The molecule has 2 N–H and O–H groups in total. The van der Waals surface area contributed by atoms with E-state index in [4.69, 9.17) is 0 Å². The standard InChI is InChI=1S/C44H42O2P2/c45-43(33-19-35-47(37-21-7-1-8-22-37,38-23-9-2-10-24-38)39-25-11-3-12-26-39)44(46)34-20-36-48(40-27-13-4-14-28-40,41-29-15-5-16-30-41)42-31-17-6-18-32-42/h1-32,35-36,43-46H,33-34H2/q+2/t43-,44-/m0/s1. The van der Waals surface area contributed by atoms with Crippen LogP contribution in [0.2, 0.25) is 0 Å². The lowest BCUT2D eigenvalue weighted by atomic mass is 10.1. The molecule has 0 aromatic heterocycles. The summed E-state index contributed by atoms with van der Waals surface area (Å²) >= 11 is 0. The highest BCUT2D eigenvalue weighted by Gasteiger charge is 2.44. The molecule has 0 aliphatic heterocycles. The molecule has 0 unspecified atom stereocenters. The van der Waals surface area contributed by atoms with Crippen molar-refractivity contribution >= 4 is 46.4 Å². The molecule has 6 rings (SSSR count). The van der Waals surface area contributed by atoms with Gasteiger partial charge in [-0.15, -0.1) is 0 Å². The van der Waals surface area contributed by atoms with Gasteiger partial charge >= 0.3 is 0 Å². The van der Waals surface area contributed by atoms with Gasteiger partial charge in [-0.1, -0.05) is 109 Å². The Morgan fingerprint density at radius 2 is 0.521 bits per heavy atom. The molecule has 6 aromatic carbocycles. The molecule has 48 heavy (non-hydrogen) atoms. The highest BCUT2D eigenvalue weighted by atomic mass is 31.2. The molecule has 0 aliphatic carbocycles.